The van der Waals surface area contributed by atoms with Gasteiger partial charge in [0.15, 0.2) is 0 Å². The van der Waals surface area contributed by atoms with E-state index < -0.39 is 18.1 Å². The van der Waals surface area contributed by atoms with E-state index in [0.29, 0.717) is 12.8 Å². The molecule has 0 aliphatic carbocycles. The summed E-state index contributed by atoms with van der Waals surface area (Å²) in [6, 6.07) is -1.92. The van der Waals surface area contributed by atoms with Gasteiger partial charge in [0.2, 0.25) is 17.7 Å². The van der Waals surface area contributed by atoms with Crippen molar-refractivity contribution in [1.82, 2.24) is 15.5 Å². The smallest absolute Gasteiger partial charge is 0.243 e. The average molecular weight is 342 g/mol. The van der Waals surface area contributed by atoms with Gasteiger partial charge in [-0.25, -0.2) is 0 Å². The molecule has 24 heavy (non-hydrogen) atoms. The molecule has 3 atom stereocenters. The Morgan fingerprint density at radius 2 is 1.62 bits per heavy atom. The summed E-state index contributed by atoms with van der Waals surface area (Å²) in [4.78, 5) is 38.4. The van der Waals surface area contributed by atoms with Crippen LogP contribution in [0, 0.1) is 11.8 Å². The SMILES string of the molecule is CCC(NC(=O)[C@H](CC(C)C)N(C)C(=O)[C@@H](N)C(C)C)C(=O)NC. The van der Waals surface area contributed by atoms with Crippen molar-refractivity contribution in [2.75, 3.05) is 14.1 Å². The van der Waals surface area contributed by atoms with Crippen LogP contribution in [0.5, 0.6) is 0 Å². The second kappa shape index (κ2) is 10.3. The quantitative estimate of drug-likeness (QED) is 0.567. The lowest BCUT2D eigenvalue weighted by molar-refractivity contribution is -0.142. The Labute approximate surface area is 145 Å². The number of nitrogens with zero attached hydrogens (tertiary/aromatic N) is 1. The maximum Gasteiger partial charge on any atom is 0.243 e. The highest BCUT2D eigenvalue weighted by molar-refractivity contribution is 5.92. The molecule has 1 unspecified atom stereocenters. The number of likely N-dealkylation sites (N-methyl/N-ethyl adjacent to an activating group) is 2. The minimum Gasteiger partial charge on any atom is -0.357 e. The van der Waals surface area contributed by atoms with E-state index in [4.69, 9.17) is 5.73 Å². The summed E-state index contributed by atoms with van der Waals surface area (Å²) >= 11 is 0. The zero-order valence-corrected chi connectivity index (χ0v) is 16.1. The molecule has 0 aliphatic rings. The van der Waals surface area contributed by atoms with Gasteiger partial charge in [-0.05, 0) is 24.7 Å². The van der Waals surface area contributed by atoms with E-state index in [1.165, 1.54) is 11.9 Å². The number of carbonyl (C=O) groups excluding carboxylic acids is 3. The normalized spacial score (nSPS) is 14.9. The summed E-state index contributed by atoms with van der Waals surface area (Å²) in [6.07, 6.45) is 0.978. The molecule has 0 radical (unpaired) electrons. The number of amides is 3. The second-order valence-corrected chi connectivity index (χ2v) is 6.95. The maximum absolute atomic E-state index is 12.7. The Morgan fingerprint density at radius 1 is 1.08 bits per heavy atom. The molecule has 4 N–H and O–H groups in total. The zero-order chi connectivity index (χ0) is 19.0. The van der Waals surface area contributed by atoms with Crippen molar-refractivity contribution in [3.8, 4) is 0 Å². The van der Waals surface area contributed by atoms with Gasteiger partial charge in [-0.1, -0.05) is 34.6 Å². The van der Waals surface area contributed by atoms with Crippen LogP contribution in [-0.4, -0.2) is 54.8 Å². The van der Waals surface area contributed by atoms with Crippen LogP contribution in [0.3, 0.4) is 0 Å². The first-order valence-corrected chi connectivity index (χ1v) is 8.60. The summed E-state index contributed by atoms with van der Waals surface area (Å²) < 4.78 is 0. The first kappa shape index (κ1) is 22.4. The summed E-state index contributed by atoms with van der Waals surface area (Å²) in [5, 5.41) is 5.27. The number of hydrogen-bond acceptors (Lipinski definition) is 4. The molecule has 0 aromatic heterocycles. The van der Waals surface area contributed by atoms with Crippen molar-refractivity contribution in [2.45, 2.75) is 65.6 Å². The number of nitrogens with one attached hydrogen (secondary N) is 2. The van der Waals surface area contributed by atoms with E-state index in [-0.39, 0.29) is 29.6 Å². The van der Waals surface area contributed by atoms with Gasteiger partial charge in [-0.3, -0.25) is 14.4 Å². The highest BCUT2D eigenvalue weighted by Gasteiger charge is 2.32. The van der Waals surface area contributed by atoms with Gasteiger partial charge >= 0.3 is 0 Å². The molecule has 140 valence electrons. The molecule has 0 bridgehead atoms. The molecule has 0 rings (SSSR count). The fraction of sp³-hybridized carbons (Fsp3) is 0.824. The van der Waals surface area contributed by atoms with Crippen LogP contribution >= 0.6 is 0 Å². The molecule has 0 saturated heterocycles. The molecule has 0 heterocycles. The molecule has 7 nitrogen and oxygen atoms in total. The van der Waals surface area contributed by atoms with Crippen LogP contribution < -0.4 is 16.4 Å². The van der Waals surface area contributed by atoms with Gasteiger partial charge in [-0.2, -0.15) is 0 Å². The third-order valence-corrected chi connectivity index (χ3v) is 4.10. The summed E-state index contributed by atoms with van der Waals surface area (Å²) in [6.45, 7) is 9.52. The minimum absolute atomic E-state index is 0.0167. The van der Waals surface area contributed by atoms with Gasteiger partial charge in [0.25, 0.3) is 0 Å². The van der Waals surface area contributed by atoms with Crippen LogP contribution in [0.1, 0.15) is 47.5 Å². The minimum atomic E-state index is -0.654. The fourth-order valence-electron chi connectivity index (χ4n) is 2.36. The predicted molar refractivity (Wildman–Crippen MR) is 95.1 cm³/mol. The van der Waals surface area contributed by atoms with Crippen molar-refractivity contribution in [3.63, 3.8) is 0 Å². The standard InChI is InChI=1S/C17H34N4O3/c1-8-12(15(22)19-6)20-16(23)13(9-10(2)3)21(7)17(24)14(18)11(4)5/h10-14H,8-9,18H2,1-7H3,(H,19,22)(H,20,23)/t12?,13-,14-/m0/s1. The van der Waals surface area contributed by atoms with Gasteiger partial charge in [0.1, 0.15) is 12.1 Å². The number of nitrogens with two attached hydrogens (primary N) is 1. The fourth-order valence-corrected chi connectivity index (χ4v) is 2.36. The molecule has 3 amide bonds. The maximum atomic E-state index is 12.7. The van der Waals surface area contributed by atoms with Gasteiger partial charge in [0, 0.05) is 14.1 Å². The Kier molecular flexibility index (Phi) is 9.58. The van der Waals surface area contributed by atoms with E-state index in [0.717, 1.165) is 0 Å². The average Bonchev–Trinajstić information content (AvgIpc) is 2.54. The van der Waals surface area contributed by atoms with Crippen LogP contribution in [0.15, 0.2) is 0 Å². The number of hydrogen-bond donors (Lipinski definition) is 3. The molecule has 0 saturated carbocycles. The molecule has 0 aromatic carbocycles. The third kappa shape index (κ3) is 6.47. The lowest BCUT2D eigenvalue weighted by atomic mass is 9.98. The first-order valence-electron chi connectivity index (χ1n) is 8.60. The molecule has 0 spiro atoms. The Hall–Kier alpha value is -1.63. The number of carbonyl (C=O) groups is 3. The molecule has 0 aliphatic heterocycles. The summed E-state index contributed by atoms with van der Waals surface area (Å²) in [5.41, 5.74) is 5.94. The van der Waals surface area contributed by atoms with Gasteiger partial charge in [0.05, 0.1) is 6.04 Å². The second-order valence-electron chi connectivity index (χ2n) is 6.95. The Morgan fingerprint density at radius 3 is 2.00 bits per heavy atom. The zero-order valence-electron chi connectivity index (χ0n) is 16.1. The third-order valence-electron chi connectivity index (χ3n) is 4.10. The lowest BCUT2D eigenvalue weighted by Gasteiger charge is -2.32. The first-order chi connectivity index (χ1) is 11.1. The van der Waals surface area contributed by atoms with E-state index in [1.54, 1.807) is 7.05 Å². The summed E-state index contributed by atoms with van der Waals surface area (Å²) in [5.74, 6) is -0.643. The highest BCUT2D eigenvalue weighted by Crippen LogP contribution is 2.14. The monoisotopic (exact) mass is 342 g/mol. The van der Waals surface area contributed by atoms with E-state index in [1.807, 2.05) is 34.6 Å². The topological polar surface area (TPSA) is 105 Å². The number of rotatable bonds is 9. The van der Waals surface area contributed by atoms with Crippen molar-refractivity contribution < 1.29 is 14.4 Å². The molecule has 0 aromatic rings. The predicted octanol–water partition coefficient (Wildman–Crippen LogP) is 0.484. The Bertz CT molecular complexity index is 438. The van der Waals surface area contributed by atoms with E-state index in [2.05, 4.69) is 10.6 Å². The van der Waals surface area contributed by atoms with Gasteiger partial charge in [-0.15, -0.1) is 0 Å². The van der Waals surface area contributed by atoms with Gasteiger partial charge < -0.3 is 21.3 Å². The van der Waals surface area contributed by atoms with Crippen LogP contribution in [0.2, 0.25) is 0 Å². The van der Waals surface area contributed by atoms with Crippen LogP contribution in [-0.2, 0) is 14.4 Å². The highest BCUT2D eigenvalue weighted by atomic mass is 16.2. The van der Waals surface area contributed by atoms with Crippen LogP contribution in [0.25, 0.3) is 0 Å². The lowest BCUT2D eigenvalue weighted by Crippen LogP contribution is -2.56. The Balaban J connectivity index is 5.27. The molecular weight excluding hydrogens is 308 g/mol. The van der Waals surface area contributed by atoms with Crippen molar-refractivity contribution in [3.05, 3.63) is 0 Å². The molecule has 7 heteroatoms. The molecular formula is C17H34N4O3. The van der Waals surface area contributed by atoms with E-state index >= 15 is 0 Å². The van der Waals surface area contributed by atoms with Crippen LogP contribution in [0.4, 0.5) is 0 Å². The van der Waals surface area contributed by atoms with Crippen molar-refractivity contribution in [1.29, 1.82) is 0 Å². The van der Waals surface area contributed by atoms with Crippen molar-refractivity contribution >= 4 is 17.7 Å². The largest absolute Gasteiger partial charge is 0.357 e. The molecule has 0 fully saturated rings. The van der Waals surface area contributed by atoms with Crippen molar-refractivity contribution in [2.24, 2.45) is 17.6 Å². The van der Waals surface area contributed by atoms with E-state index in [9.17, 15) is 14.4 Å². The summed E-state index contributed by atoms with van der Waals surface area (Å²) in [7, 11) is 3.12.